The zero-order valence-corrected chi connectivity index (χ0v) is 15.9. The number of para-hydroxylation sites is 1. The molecule has 0 bridgehead atoms. The summed E-state index contributed by atoms with van der Waals surface area (Å²) < 4.78 is 5.51. The van der Waals surface area contributed by atoms with Crippen molar-refractivity contribution in [2.24, 2.45) is 0 Å². The van der Waals surface area contributed by atoms with Crippen molar-refractivity contribution < 1.29 is 9.53 Å². The molecule has 0 unspecified atom stereocenters. The molecule has 1 amide bonds. The number of halogens is 1. The molecule has 2 atom stereocenters. The van der Waals surface area contributed by atoms with Gasteiger partial charge in [-0.3, -0.25) is 10.2 Å². The van der Waals surface area contributed by atoms with Gasteiger partial charge in [-0.05, 0) is 49.4 Å². The van der Waals surface area contributed by atoms with E-state index in [1.807, 2.05) is 30.3 Å². The van der Waals surface area contributed by atoms with Crippen molar-refractivity contribution in [2.75, 3.05) is 30.9 Å². The van der Waals surface area contributed by atoms with Gasteiger partial charge in [0.2, 0.25) is 0 Å². The molecule has 2 heterocycles. The number of fused-ring (bicyclic) bond motifs is 3. The third-order valence-corrected chi connectivity index (χ3v) is 5.95. The SMILES string of the molecule is CN1CC[C@@]2(C)c3cc(OC(=O)Nc4ccccc4Cl)ccc3N(C)[C@@H]12. The second-order valence-corrected chi connectivity index (χ2v) is 7.71. The van der Waals surface area contributed by atoms with Crippen LogP contribution >= 0.6 is 11.6 Å². The highest BCUT2D eigenvalue weighted by molar-refractivity contribution is 6.33. The number of benzene rings is 2. The van der Waals surface area contributed by atoms with Crippen LogP contribution in [0.15, 0.2) is 42.5 Å². The van der Waals surface area contributed by atoms with E-state index < -0.39 is 6.09 Å². The van der Waals surface area contributed by atoms with E-state index in [0.717, 1.165) is 13.0 Å². The molecular formula is C20H22ClN3O2. The second-order valence-electron chi connectivity index (χ2n) is 7.31. The summed E-state index contributed by atoms with van der Waals surface area (Å²) in [5, 5.41) is 3.16. The van der Waals surface area contributed by atoms with Gasteiger partial charge in [0.05, 0.1) is 16.9 Å². The number of likely N-dealkylation sites (N-methyl/N-ethyl adjacent to an activating group) is 2. The van der Waals surface area contributed by atoms with Crippen LogP contribution in [-0.2, 0) is 5.41 Å². The van der Waals surface area contributed by atoms with Crippen molar-refractivity contribution >= 4 is 29.1 Å². The third-order valence-electron chi connectivity index (χ3n) is 5.62. The molecule has 0 radical (unpaired) electrons. The average molecular weight is 372 g/mol. The Labute approximate surface area is 158 Å². The van der Waals surface area contributed by atoms with Gasteiger partial charge in [0, 0.05) is 24.7 Å². The first-order valence-electron chi connectivity index (χ1n) is 8.71. The molecular weight excluding hydrogens is 350 g/mol. The Morgan fingerprint density at radius 3 is 2.81 bits per heavy atom. The van der Waals surface area contributed by atoms with Crippen LogP contribution in [0.1, 0.15) is 18.9 Å². The van der Waals surface area contributed by atoms with Gasteiger partial charge in [0.1, 0.15) is 5.75 Å². The molecule has 0 aromatic heterocycles. The molecule has 1 saturated heterocycles. The fraction of sp³-hybridized carbons (Fsp3) is 0.350. The smallest absolute Gasteiger partial charge is 0.410 e. The maximum absolute atomic E-state index is 12.2. The minimum Gasteiger partial charge on any atom is -0.410 e. The van der Waals surface area contributed by atoms with E-state index in [-0.39, 0.29) is 5.41 Å². The van der Waals surface area contributed by atoms with Crippen LogP contribution in [0.2, 0.25) is 5.02 Å². The first kappa shape index (κ1) is 17.2. The van der Waals surface area contributed by atoms with Crippen LogP contribution in [-0.4, -0.2) is 37.8 Å². The molecule has 0 spiro atoms. The van der Waals surface area contributed by atoms with E-state index in [0.29, 0.717) is 22.6 Å². The Balaban J connectivity index is 1.56. The molecule has 1 fully saturated rings. The number of rotatable bonds is 2. The van der Waals surface area contributed by atoms with Gasteiger partial charge in [-0.25, -0.2) is 4.79 Å². The van der Waals surface area contributed by atoms with E-state index >= 15 is 0 Å². The minimum atomic E-state index is -0.547. The largest absolute Gasteiger partial charge is 0.417 e. The summed E-state index contributed by atoms with van der Waals surface area (Å²) in [6.07, 6.45) is 0.875. The van der Waals surface area contributed by atoms with Crippen molar-refractivity contribution in [3.05, 3.63) is 53.1 Å². The van der Waals surface area contributed by atoms with E-state index in [2.05, 4.69) is 36.1 Å². The number of carbonyl (C=O) groups is 1. The Kier molecular flexibility index (Phi) is 4.09. The Morgan fingerprint density at radius 1 is 1.27 bits per heavy atom. The molecule has 4 rings (SSSR count). The lowest BCUT2D eigenvalue weighted by Gasteiger charge is -2.32. The van der Waals surface area contributed by atoms with Crippen molar-refractivity contribution in [1.82, 2.24) is 4.90 Å². The molecule has 136 valence electrons. The van der Waals surface area contributed by atoms with Gasteiger partial charge in [0.25, 0.3) is 0 Å². The molecule has 2 aromatic rings. The summed E-state index contributed by atoms with van der Waals surface area (Å²) in [6.45, 7) is 3.35. The number of amides is 1. The predicted molar refractivity (Wildman–Crippen MR) is 104 cm³/mol. The lowest BCUT2D eigenvalue weighted by atomic mass is 9.81. The highest BCUT2D eigenvalue weighted by atomic mass is 35.5. The van der Waals surface area contributed by atoms with Crippen LogP contribution in [0, 0.1) is 0 Å². The number of likely N-dealkylation sites (tertiary alicyclic amines) is 1. The van der Waals surface area contributed by atoms with Gasteiger partial charge < -0.3 is 9.64 Å². The zero-order valence-electron chi connectivity index (χ0n) is 15.1. The molecule has 1 N–H and O–H groups in total. The van der Waals surface area contributed by atoms with E-state index in [1.165, 1.54) is 11.3 Å². The lowest BCUT2D eigenvalue weighted by Crippen LogP contribution is -2.45. The molecule has 5 nitrogen and oxygen atoms in total. The lowest BCUT2D eigenvalue weighted by molar-refractivity contribution is 0.215. The van der Waals surface area contributed by atoms with Crippen molar-refractivity contribution in [2.45, 2.75) is 24.9 Å². The van der Waals surface area contributed by atoms with E-state index in [1.54, 1.807) is 12.1 Å². The number of ether oxygens (including phenoxy) is 1. The second kappa shape index (κ2) is 6.18. The van der Waals surface area contributed by atoms with Crippen LogP contribution in [0.3, 0.4) is 0 Å². The molecule has 0 saturated carbocycles. The summed E-state index contributed by atoms with van der Waals surface area (Å²) in [6, 6.07) is 12.9. The number of nitrogens with zero attached hydrogens (tertiary/aromatic N) is 2. The molecule has 2 aliphatic rings. The summed E-state index contributed by atoms with van der Waals surface area (Å²) in [5.41, 5.74) is 3.00. The average Bonchev–Trinajstić information content (AvgIpc) is 3.03. The summed E-state index contributed by atoms with van der Waals surface area (Å²) >= 11 is 6.08. The van der Waals surface area contributed by atoms with E-state index in [9.17, 15) is 4.79 Å². The number of anilines is 2. The normalized spacial score (nSPS) is 24.3. The summed E-state index contributed by atoms with van der Waals surface area (Å²) in [5.74, 6) is 0.540. The molecule has 6 heteroatoms. The van der Waals surface area contributed by atoms with Crippen LogP contribution in [0.4, 0.5) is 16.2 Å². The van der Waals surface area contributed by atoms with Gasteiger partial charge >= 0.3 is 6.09 Å². The van der Waals surface area contributed by atoms with Crippen LogP contribution in [0.25, 0.3) is 0 Å². The zero-order chi connectivity index (χ0) is 18.5. The highest BCUT2D eigenvalue weighted by Gasteiger charge is 2.52. The van der Waals surface area contributed by atoms with Crippen LogP contribution < -0.4 is 15.0 Å². The topological polar surface area (TPSA) is 44.8 Å². The van der Waals surface area contributed by atoms with Crippen molar-refractivity contribution in [3.63, 3.8) is 0 Å². The van der Waals surface area contributed by atoms with E-state index in [4.69, 9.17) is 16.3 Å². The Hall–Kier alpha value is -2.24. The molecule has 2 aromatic carbocycles. The van der Waals surface area contributed by atoms with Crippen molar-refractivity contribution in [3.8, 4) is 5.75 Å². The first-order valence-corrected chi connectivity index (χ1v) is 9.09. The minimum absolute atomic E-state index is 0.0391. The fourth-order valence-electron chi connectivity index (χ4n) is 4.42. The van der Waals surface area contributed by atoms with Gasteiger partial charge in [-0.15, -0.1) is 0 Å². The Morgan fingerprint density at radius 2 is 2.04 bits per heavy atom. The van der Waals surface area contributed by atoms with Gasteiger partial charge in [0.15, 0.2) is 0 Å². The first-order chi connectivity index (χ1) is 12.4. The maximum atomic E-state index is 12.2. The number of nitrogens with one attached hydrogen (secondary N) is 1. The molecule has 0 aliphatic carbocycles. The van der Waals surface area contributed by atoms with Gasteiger partial charge in [-0.1, -0.05) is 30.7 Å². The fourth-order valence-corrected chi connectivity index (χ4v) is 4.61. The standard InChI is InChI=1S/C20H22ClN3O2/c1-20-10-11-23(2)18(20)24(3)17-9-8-13(12-14(17)20)26-19(25)22-16-7-5-4-6-15(16)21/h4-9,12,18H,10-11H2,1-3H3,(H,22,25)/t18-,20+/m1/s1. The summed E-state index contributed by atoms with van der Waals surface area (Å²) in [4.78, 5) is 16.9. The number of hydrogen-bond donors (Lipinski definition) is 1. The van der Waals surface area contributed by atoms with Gasteiger partial charge in [-0.2, -0.15) is 0 Å². The number of hydrogen-bond acceptors (Lipinski definition) is 4. The number of carbonyl (C=O) groups excluding carboxylic acids is 1. The van der Waals surface area contributed by atoms with Crippen LogP contribution in [0.5, 0.6) is 5.75 Å². The molecule has 26 heavy (non-hydrogen) atoms. The third kappa shape index (κ3) is 2.63. The Bertz CT molecular complexity index is 872. The monoisotopic (exact) mass is 371 g/mol. The maximum Gasteiger partial charge on any atom is 0.417 e. The predicted octanol–water partition coefficient (Wildman–Crippen LogP) is 4.32. The molecule has 2 aliphatic heterocycles. The summed E-state index contributed by atoms with van der Waals surface area (Å²) in [7, 11) is 4.29. The van der Waals surface area contributed by atoms with Crippen molar-refractivity contribution in [1.29, 1.82) is 0 Å². The quantitative estimate of drug-likeness (QED) is 0.853. The highest BCUT2D eigenvalue weighted by Crippen LogP contribution is 2.51.